The maximum Gasteiger partial charge on any atom is 0.300 e. The molecule has 0 aromatic heterocycles. The van der Waals surface area contributed by atoms with Gasteiger partial charge in [0, 0.05) is 37.1 Å². The molecule has 1 unspecified atom stereocenters. The number of amides is 1. The maximum absolute atomic E-state index is 13.4. The number of ketones is 1. The van der Waals surface area contributed by atoms with Gasteiger partial charge in [0.1, 0.15) is 17.3 Å². The summed E-state index contributed by atoms with van der Waals surface area (Å²) in [6.07, 6.45) is 0. The summed E-state index contributed by atoms with van der Waals surface area (Å²) in [7, 11) is 3.85. The lowest BCUT2D eigenvalue weighted by molar-refractivity contribution is -0.132. The first-order chi connectivity index (χ1) is 17.8. The molecule has 0 radical (unpaired) electrons. The van der Waals surface area contributed by atoms with Crippen molar-refractivity contribution in [2.24, 2.45) is 0 Å². The molecule has 192 valence electrons. The number of rotatable bonds is 8. The van der Waals surface area contributed by atoms with Gasteiger partial charge in [-0.25, -0.2) is 0 Å². The van der Waals surface area contributed by atoms with Gasteiger partial charge in [-0.15, -0.1) is 0 Å². The van der Waals surface area contributed by atoms with E-state index in [1.807, 2.05) is 57.1 Å². The van der Waals surface area contributed by atoms with Crippen LogP contribution < -0.4 is 19.3 Å². The first kappa shape index (κ1) is 26.1. The van der Waals surface area contributed by atoms with Crippen molar-refractivity contribution in [3.63, 3.8) is 0 Å². The summed E-state index contributed by atoms with van der Waals surface area (Å²) in [5, 5.41) is 11.8. The van der Waals surface area contributed by atoms with Gasteiger partial charge < -0.3 is 19.5 Å². The van der Waals surface area contributed by atoms with Gasteiger partial charge in [0.15, 0.2) is 0 Å². The monoisotopic (exact) mass is 520 g/mol. The summed E-state index contributed by atoms with van der Waals surface area (Å²) in [5.74, 6) is -0.882. The molecule has 0 saturated carbocycles. The molecule has 0 bridgehead atoms. The highest BCUT2D eigenvalue weighted by Gasteiger charge is 2.47. The van der Waals surface area contributed by atoms with Crippen LogP contribution in [0.4, 0.5) is 11.4 Å². The first-order valence-corrected chi connectivity index (χ1v) is 12.4. The van der Waals surface area contributed by atoms with E-state index in [4.69, 9.17) is 21.1 Å². The van der Waals surface area contributed by atoms with Crippen LogP contribution in [0.1, 0.15) is 31.0 Å². The van der Waals surface area contributed by atoms with Crippen LogP contribution in [0.3, 0.4) is 0 Å². The van der Waals surface area contributed by atoms with E-state index in [2.05, 4.69) is 0 Å². The average molecular weight is 521 g/mol. The molecule has 0 spiro atoms. The number of ether oxygens (including phenoxy) is 2. The molecule has 37 heavy (non-hydrogen) atoms. The molecule has 8 heteroatoms. The lowest BCUT2D eigenvalue weighted by atomic mass is 9.94. The standard InChI is InChI=1S/C29H29ClN2O5/c1-5-36-22-9-7-8-21(17-22)32-26(18-10-13-20(14-11-18)31(3)4)25(28(34)29(32)35)27(33)19-12-15-23(30)24(16-19)37-6-2/h7-17,26,33H,5-6H2,1-4H3/b27-25+. The lowest BCUT2D eigenvalue weighted by Gasteiger charge is -2.26. The van der Waals surface area contributed by atoms with Gasteiger partial charge in [-0.1, -0.05) is 29.8 Å². The lowest BCUT2D eigenvalue weighted by Crippen LogP contribution is -2.29. The van der Waals surface area contributed by atoms with Crippen LogP contribution in [0, 0.1) is 0 Å². The van der Waals surface area contributed by atoms with Gasteiger partial charge >= 0.3 is 0 Å². The Morgan fingerprint density at radius 2 is 1.68 bits per heavy atom. The number of aliphatic hydroxyl groups excluding tert-OH is 1. The van der Waals surface area contributed by atoms with E-state index in [-0.39, 0.29) is 11.3 Å². The van der Waals surface area contributed by atoms with Crippen LogP contribution in [0.15, 0.2) is 72.3 Å². The number of nitrogens with zero attached hydrogens (tertiary/aromatic N) is 2. The van der Waals surface area contributed by atoms with Crippen LogP contribution in [0.25, 0.3) is 5.76 Å². The third-order valence-electron chi connectivity index (χ3n) is 6.08. The zero-order valence-electron chi connectivity index (χ0n) is 21.2. The summed E-state index contributed by atoms with van der Waals surface area (Å²) in [6.45, 7) is 4.52. The van der Waals surface area contributed by atoms with Gasteiger partial charge in [-0.3, -0.25) is 14.5 Å². The Morgan fingerprint density at radius 3 is 2.32 bits per heavy atom. The zero-order valence-corrected chi connectivity index (χ0v) is 22.0. The Hall–Kier alpha value is -3.97. The number of hydrogen-bond donors (Lipinski definition) is 1. The minimum Gasteiger partial charge on any atom is -0.507 e. The SMILES string of the molecule is CCOc1cccc(N2C(=O)C(=O)/C(=C(/O)c3ccc(Cl)c(OCC)c3)C2c2ccc(N(C)C)cc2)c1. The highest BCUT2D eigenvalue weighted by atomic mass is 35.5. The molecule has 1 amide bonds. The Balaban J connectivity index is 1.91. The zero-order chi connectivity index (χ0) is 26.7. The molecule has 0 aliphatic carbocycles. The molecule has 1 aliphatic rings. The van der Waals surface area contributed by atoms with Crippen molar-refractivity contribution < 1.29 is 24.2 Å². The van der Waals surface area contributed by atoms with Crippen molar-refractivity contribution in [2.45, 2.75) is 19.9 Å². The number of hydrogen-bond acceptors (Lipinski definition) is 6. The first-order valence-electron chi connectivity index (χ1n) is 12.0. The predicted molar refractivity (Wildman–Crippen MR) is 146 cm³/mol. The molecule has 1 aliphatic heterocycles. The second-order valence-electron chi connectivity index (χ2n) is 8.66. The molecule has 1 N–H and O–H groups in total. The number of halogens is 1. The van der Waals surface area contributed by atoms with Crippen LogP contribution in [0.2, 0.25) is 5.02 Å². The third-order valence-corrected chi connectivity index (χ3v) is 6.39. The van der Waals surface area contributed by atoms with Crippen molar-refractivity contribution >= 4 is 40.4 Å². The van der Waals surface area contributed by atoms with E-state index in [0.717, 1.165) is 5.69 Å². The van der Waals surface area contributed by atoms with Gasteiger partial charge in [0.2, 0.25) is 0 Å². The molecular formula is C29H29ClN2O5. The summed E-state index contributed by atoms with van der Waals surface area (Å²) in [6, 6.07) is 18.4. The Bertz CT molecular complexity index is 1350. The van der Waals surface area contributed by atoms with Crippen molar-refractivity contribution in [3.8, 4) is 11.5 Å². The van der Waals surface area contributed by atoms with Crippen molar-refractivity contribution in [1.82, 2.24) is 0 Å². The second-order valence-corrected chi connectivity index (χ2v) is 9.07. The van der Waals surface area contributed by atoms with Gasteiger partial charge in [-0.2, -0.15) is 0 Å². The molecule has 1 saturated heterocycles. The number of benzene rings is 3. The maximum atomic E-state index is 13.4. The normalized spacial score (nSPS) is 16.7. The second kappa shape index (κ2) is 11.0. The third kappa shape index (κ3) is 5.13. The Morgan fingerprint density at radius 1 is 0.973 bits per heavy atom. The number of anilines is 2. The molecule has 4 rings (SSSR count). The number of carbonyl (C=O) groups excluding carboxylic acids is 2. The van der Waals surface area contributed by atoms with Crippen LogP contribution >= 0.6 is 11.6 Å². The van der Waals surface area contributed by atoms with Crippen LogP contribution in [-0.4, -0.2) is 44.1 Å². The van der Waals surface area contributed by atoms with E-state index in [0.29, 0.717) is 46.5 Å². The topological polar surface area (TPSA) is 79.3 Å². The molecule has 1 fully saturated rings. The van der Waals surface area contributed by atoms with E-state index in [1.54, 1.807) is 42.5 Å². The van der Waals surface area contributed by atoms with E-state index in [1.165, 1.54) is 4.90 Å². The number of aliphatic hydroxyl groups is 1. The number of Topliss-reactive ketones (excluding diaryl/α,β-unsaturated/α-hetero) is 1. The van der Waals surface area contributed by atoms with Crippen LogP contribution in [-0.2, 0) is 9.59 Å². The molecule has 1 heterocycles. The van der Waals surface area contributed by atoms with Crippen molar-refractivity contribution in [1.29, 1.82) is 0 Å². The quantitative estimate of drug-likeness (QED) is 0.229. The molecule has 1 atom stereocenters. The van der Waals surface area contributed by atoms with Gasteiger partial charge in [0.25, 0.3) is 11.7 Å². The van der Waals surface area contributed by atoms with E-state index >= 15 is 0 Å². The highest BCUT2D eigenvalue weighted by Crippen LogP contribution is 2.43. The Kier molecular flexibility index (Phi) is 7.74. The minimum atomic E-state index is -0.862. The van der Waals surface area contributed by atoms with Gasteiger partial charge in [0.05, 0.1) is 29.9 Å². The summed E-state index contributed by atoms with van der Waals surface area (Å²) < 4.78 is 11.2. The predicted octanol–water partition coefficient (Wildman–Crippen LogP) is 5.83. The minimum absolute atomic E-state index is 0.0193. The number of carbonyl (C=O) groups is 2. The molecule has 3 aromatic rings. The van der Waals surface area contributed by atoms with Gasteiger partial charge in [-0.05, 0) is 61.9 Å². The van der Waals surface area contributed by atoms with Crippen molar-refractivity contribution in [2.75, 3.05) is 37.1 Å². The van der Waals surface area contributed by atoms with Crippen LogP contribution in [0.5, 0.6) is 11.5 Å². The summed E-state index contributed by atoms with van der Waals surface area (Å²) in [5.41, 5.74) is 2.42. The smallest absolute Gasteiger partial charge is 0.300 e. The average Bonchev–Trinajstić information content (AvgIpc) is 3.15. The Labute approximate surface area is 221 Å². The van der Waals surface area contributed by atoms with E-state index in [9.17, 15) is 14.7 Å². The fourth-order valence-corrected chi connectivity index (χ4v) is 4.50. The molecular weight excluding hydrogens is 492 g/mol. The summed E-state index contributed by atoms with van der Waals surface area (Å²) >= 11 is 6.23. The fraction of sp³-hybridized carbons (Fsp3) is 0.241. The highest BCUT2D eigenvalue weighted by molar-refractivity contribution is 6.51. The summed E-state index contributed by atoms with van der Waals surface area (Å²) in [4.78, 5) is 30.2. The fourth-order valence-electron chi connectivity index (χ4n) is 4.33. The van der Waals surface area contributed by atoms with Crippen molar-refractivity contribution in [3.05, 3.63) is 88.5 Å². The van der Waals surface area contributed by atoms with E-state index < -0.39 is 17.7 Å². The largest absolute Gasteiger partial charge is 0.507 e. The molecule has 3 aromatic carbocycles. The molecule has 7 nitrogen and oxygen atoms in total.